The lowest BCUT2D eigenvalue weighted by Gasteiger charge is -2.22. The van der Waals surface area contributed by atoms with E-state index in [9.17, 15) is 9.90 Å². The molecular formula is C22H43NO3. The zero-order valence-electron chi connectivity index (χ0n) is 17.4. The Balaban J connectivity index is 1.92. The van der Waals surface area contributed by atoms with Gasteiger partial charge in [0.25, 0.3) is 0 Å². The molecule has 154 valence electrons. The summed E-state index contributed by atoms with van der Waals surface area (Å²) in [4.78, 5) is 14.2. The Morgan fingerprint density at radius 2 is 1.42 bits per heavy atom. The third-order valence-corrected chi connectivity index (χ3v) is 5.73. The van der Waals surface area contributed by atoms with E-state index in [1.165, 1.54) is 70.6 Å². The quantitative estimate of drug-likeness (QED) is 0.386. The lowest BCUT2D eigenvalue weighted by Crippen LogP contribution is -2.37. The molecule has 4 nitrogen and oxygen atoms in total. The van der Waals surface area contributed by atoms with Gasteiger partial charge in [0, 0.05) is 20.1 Å². The number of hydrogen-bond acceptors (Lipinski definition) is 3. The van der Waals surface area contributed by atoms with Crippen molar-refractivity contribution >= 4 is 5.91 Å². The summed E-state index contributed by atoms with van der Waals surface area (Å²) in [5.74, 6) is 0.187. The summed E-state index contributed by atoms with van der Waals surface area (Å²) >= 11 is 0. The number of ether oxygens (including phenoxy) is 1. The number of aliphatic hydroxyl groups excluding tert-OH is 1. The Hall–Kier alpha value is -0.610. The van der Waals surface area contributed by atoms with Crippen molar-refractivity contribution in [3.8, 4) is 0 Å². The summed E-state index contributed by atoms with van der Waals surface area (Å²) in [5, 5.41) is 9.43. The predicted molar refractivity (Wildman–Crippen MR) is 108 cm³/mol. The molecule has 1 aliphatic rings. The highest BCUT2D eigenvalue weighted by Crippen LogP contribution is 2.21. The normalized spacial score (nSPS) is 20.0. The van der Waals surface area contributed by atoms with Crippen molar-refractivity contribution in [1.82, 2.24) is 4.90 Å². The molecule has 1 amide bonds. The molecule has 1 fully saturated rings. The molecule has 2 atom stereocenters. The van der Waals surface area contributed by atoms with Crippen molar-refractivity contribution in [2.75, 3.05) is 20.3 Å². The highest BCUT2D eigenvalue weighted by Gasteiger charge is 2.34. The fraction of sp³-hybridized carbons (Fsp3) is 0.955. The van der Waals surface area contributed by atoms with E-state index >= 15 is 0 Å². The first-order valence-corrected chi connectivity index (χ1v) is 11.2. The molecule has 0 spiro atoms. The summed E-state index contributed by atoms with van der Waals surface area (Å²) in [7, 11) is 1.68. The van der Waals surface area contributed by atoms with Gasteiger partial charge in [-0.3, -0.25) is 4.79 Å². The van der Waals surface area contributed by atoms with Gasteiger partial charge in [0.15, 0.2) is 0 Å². The molecule has 0 bridgehead atoms. The van der Waals surface area contributed by atoms with Crippen LogP contribution < -0.4 is 0 Å². The van der Waals surface area contributed by atoms with Gasteiger partial charge in [-0.2, -0.15) is 0 Å². The molecule has 0 aliphatic carbocycles. The summed E-state index contributed by atoms with van der Waals surface area (Å²) in [5.41, 5.74) is 0. The third-order valence-electron chi connectivity index (χ3n) is 5.73. The average Bonchev–Trinajstić information content (AvgIpc) is 3.09. The molecule has 0 radical (unpaired) electrons. The minimum absolute atomic E-state index is 0.0458. The van der Waals surface area contributed by atoms with E-state index in [4.69, 9.17) is 4.74 Å². The van der Waals surface area contributed by atoms with E-state index in [0.29, 0.717) is 13.0 Å². The highest BCUT2D eigenvalue weighted by atomic mass is 16.5. The first-order chi connectivity index (χ1) is 12.7. The molecule has 1 saturated heterocycles. The SMILES string of the molecule is CCCCCCCCCCCCCCCC(=O)N1C[C@H](OC)C[C@H]1CO. The van der Waals surface area contributed by atoms with Crippen LogP contribution in [0.25, 0.3) is 0 Å². The van der Waals surface area contributed by atoms with E-state index in [-0.39, 0.29) is 24.7 Å². The maximum absolute atomic E-state index is 12.3. The Bertz CT molecular complexity index is 348. The van der Waals surface area contributed by atoms with Crippen molar-refractivity contribution < 1.29 is 14.6 Å². The summed E-state index contributed by atoms with van der Waals surface area (Å²) < 4.78 is 5.34. The maximum atomic E-state index is 12.3. The molecule has 0 aromatic carbocycles. The Morgan fingerprint density at radius 3 is 1.88 bits per heavy atom. The number of unbranched alkanes of at least 4 members (excludes halogenated alkanes) is 12. The zero-order chi connectivity index (χ0) is 19.0. The Labute approximate surface area is 161 Å². The van der Waals surface area contributed by atoms with Crippen molar-refractivity contribution in [2.45, 2.75) is 115 Å². The number of carbonyl (C=O) groups is 1. The first-order valence-electron chi connectivity index (χ1n) is 11.2. The molecule has 0 unspecified atom stereocenters. The minimum Gasteiger partial charge on any atom is -0.394 e. The van der Waals surface area contributed by atoms with Crippen molar-refractivity contribution in [3.63, 3.8) is 0 Å². The molecule has 0 aromatic heterocycles. The fourth-order valence-corrected chi connectivity index (χ4v) is 3.96. The fourth-order valence-electron chi connectivity index (χ4n) is 3.96. The van der Waals surface area contributed by atoms with E-state index in [0.717, 1.165) is 19.3 Å². The van der Waals surface area contributed by atoms with Crippen molar-refractivity contribution in [1.29, 1.82) is 0 Å². The van der Waals surface area contributed by atoms with Gasteiger partial charge in [0.1, 0.15) is 0 Å². The smallest absolute Gasteiger partial charge is 0.222 e. The molecule has 26 heavy (non-hydrogen) atoms. The van der Waals surface area contributed by atoms with Crippen LogP contribution in [-0.2, 0) is 9.53 Å². The molecule has 4 heteroatoms. The topological polar surface area (TPSA) is 49.8 Å². The summed E-state index contributed by atoms with van der Waals surface area (Å²) in [6.07, 6.45) is 18.6. The van der Waals surface area contributed by atoms with E-state index in [1.807, 2.05) is 4.90 Å². The number of aliphatic hydroxyl groups is 1. The van der Waals surface area contributed by atoms with E-state index in [1.54, 1.807) is 7.11 Å². The first kappa shape index (κ1) is 23.4. The highest BCUT2D eigenvalue weighted by molar-refractivity contribution is 5.76. The third kappa shape index (κ3) is 9.91. The van der Waals surface area contributed by atoms with Crippen LogP contribution in [0.3, 0.4) is 0 Å². The van der Waals surface area contributed by atoms with Crippen LogP contribution in [0.2, 0.25) is 0 Å². The largest absolute Gasteiger partial charge is 0.394 e. The summed E-state index contributed by atoms with van der Waals surface area (Å²) in [6, 6.07) is -0.0468. The molecular weight excluding hydrogens is 326 g/mol. The average molecular weight is 370 g/mol. The van der Waals surface area contributed by atoms with Crippen LogP contribution >= 0.6 is 0 Å². The van der Waals surface area contributed by atoms with Gasteiger partial charge in [-0.15, -0.1) is 0 Å². The maximum Gasteiger partial charge on any atom is 0.222 e. The molecule has 1 heterocycles. The van der Waals surface area contributed by atoms with Gasteiger partial charge >= 0.3 is 0 Å². The minimum atomic E-state index is -0.0468. The van der Waals surface area contributed by atoms with Crippen molar-refractivity contribution in [3.05, 3.63) is 0 Å². The second kappa shape index (κ2) is 15.4. The van der Waals surface area contributed by atoms with Gasteiger partial charge in [-0.05, 0) is 12.8 Å². The van der Waals surface area contributed by atoms with Crippen LogP contribution in [0.4, 0.5) is 0 Å². The molecule has 1 aliphatic heterocycles. The number of likely N-dealkylation sites (tertiary alicyclic amines) is 1. The van der Waals surface area contributed by atoms with Crippen LogP contribution in [0, 0.1) is 0 Å². The number of carbonyl (C=O) groups excluding carboxylic acids is 1. The van der Waals surface area contributed by atoms with Gasteiger partial charge in [-0.1, -0.05) is 84.0 Å². The zero-order valence-corrected chi connectivity index (χ0v) is 17.4. The Kier molecular flexibility index (Phi) is 13.9. The van der Waals surface area contributed by atoms with Crippen LogP contribution in [-0.4, -0.2) is 48.3 Å². The van der Waals surface area contributed by atoms with Crippen molar-refractivity contribution in [2.24, 2.45) is 0 Å². The number of hydrogen-bond donors (Lipinski definition) is 1. The number of nitrogens with zero attached hydrogens (tertiary/aromatic N) is 1. The number of methoxy groups -OCH3 is 1. The van der Waals surface area contributed by atoms with Gasteiger partial charge in [-0.25, -0.2) is 0 Å². The lowest BCUT2D eigenvalue weighted by molar-refractivity contribution is -0.133. The van der Waals surface area contributed by atoms with Crippen LogP contribution in [0.1, 0.15) is 103 Å². The van der Waals surface area contributed by atoms with Crippen LogP contribution in [0.5, 0.6) is 0 Å². The predicted octanol–water partition coefficient (Wildman–Crippen LogP) is 5.08. The lowest BCUT2D eigenvalue weighted by atomic mass is 10.0. The van der Waals surface area contributed by atoms with Gasteiger partial charge < -0.3 is 14.7 Å². The summed E-state index contributed by atoms with van der Waals surface area (Å²) in [6.45, 7) is 2.95. The second-order valence-corrected chi connectivity index (χ2v) is 7.97. The number of amides is 1. The molecule has 0 aromatic rings. The second-order valence-electron chi connectivity index (χ2n) is 7.97. The number of rotatable bonds is 16. The standard InChI is InChI=1S/C22H43NO3/c1-3-4-5-6-7-8-9-10-11-12-13-14-15-16-22(25)23-18-21(26-2)17-20(23)19-24/h20-21,24H,3-19H2,1-2H3/t20-,21+/m0/s1. The molecule has 1 N–H and O–H groups in total. The van der Waals surface area contributed by atoms with E-state index in [2.05, 4.69) is 6.92 Å². The molecule has 1 rings (SSSR count). The van der Waals surface area contributed by atoms with Crippen LogP contribution in [0.15, 0.2) is 0 Å². The Morgan fingerprint density at radius 1 is 0.923 bits per heavy atom. The van der Waals surface area contributed by atoms with E-state index < -0.39 is 0 Å². The van der Waals surface area contributed by atoms with Gasteiger partial charge in [0.05, 0.1) is 18.8 Å². The molecule has 0 saturated carbocycles. The monoisotopic (exact) mass is 369 g/mol. The van der Waals surface area contributed by atoms with Gasteiger partial charge in [0.2, 0.25) is 5.91 Å².